The van der Waals surface area contributed by atoms with Crippen molar-refractivity contribution in [2.24, 2.45) is 0 Å². The van der Waals surface area contributed by atoms with Gasteiger partial charge in [-0.05, 0) is 88.0 Å². The Hall–Kier alpha value is 0.110. The molecule has 0 aliphatic rings. The van der Waals surface area contributed by atoms with Crippen LogP contribution in [0, 0.1) is 10.7 Å². The number of hydrogen-bond acceptors (Lipinski definition) is 4. The molecule has 0 aliphatic carbocycles. The monoisotopic (exact) mass is 644 g/mol. The minimum atomic E-state index is -1.12. The van der Waals surface area contributed by atoms with Crippen molar-refractivity contribution in [3.63, 3.8) is 0 Å². The van der Waals surface area contributed by atoms with Gasteiger partial charge in [-0.25, -0.2) is 4.79 Å². The summed E-state index contributed by atoms with van der Waals surface area (Å²) in [6.45, 7) is 3.51. The van der Waals surface area contributed by atoms with Gasteiger partial charge in [0.25, 0.3) is 5.91 Å². The first-order chi connectivity index (χ1) is 10.0. The van der Waals surface area contributed by atoms with Crippen LogP contribution in [-0.4, -0.2) is 34.2 Å². The molecule has 1 aromatic carbocycles. The number of carboxylic acids is 1. The minimum absolute atomic E-state index is 0.0317. The number of aromatic carboxylic acids is 1. The van der Waals surface area contributed by atoms with Crippen molar-refractivity contribution in [1.82, 2.24) is 5.32 Å². The number of nitrogens with two attached hydrogens (primary N) is 1. The summed E-state index contributed by atoms with van der Waals surface area (Å²) < 4.78 is 1.30. The second kappa shape index (κ2) is 7.79. The van der Waals surface area contributed by atoms with Crippen LogP contribution in [0.1, 0.15) is 41.0 Å². The molecular weight excluding hydrogens is 629 g/mol. The molecule has 0 heterocycles. The number of amides is 1. The number of aliphatic hydroxyl groups excluding tert-OH is 1. The van der Waals surface area contributed by atoms with E-state index in [1.807, 2.05) is 67.8 Å². The Morgan fingerprint density at radius 3 is 2.09 bits per heavy atom. The summed E-state index contributed by atoms with van der Waals surface area (Å²) in [6, 6.07) is 0. The fourth-order valence-electron chi connectivity index (χ4n) is 1.78. The number of carboxylic acid groups (broad SMARTS) is 1. The lowest BCUT2D eigenvalue weighted by Crippen LogP contribution is -2.44. The van der Waals surface area contributed by atoms with Crippen LogP contribution >= 0.6 is 67.8 Å². The van der Waals surface area contributed by atoms with Crippen molar-refractivity contribution in [1.29, 1.82) is 0 Å². The van der Waals surface area contributed by atoms with Crippen LogP contribution in [0.3, 0.4) is 0 Å². The van der Waals surface area contributed by atoms with Gasteiger partial charge >= 0.3 is 5.97 Å². The molecule has 0 unspecified atom stereocenters. The molecule has 0 saturated carbocycles. The largest absolute Gasteiger partial charge is 0.478 e. The number of nitrogens with one attached hydrogen (secondary N) is 1. The third-order valence-corrected chi connectivity index (χ3v) is 6.30. The smallest absolute Gasteiger partial charge is 0.337 e. The van der Waals surface area contributed by atoms with E-state index in [-0.39, 0.29) is 23.4 Å². The van der Waals surface area contributed by atoms with Crippen LogP contribution in [0.5, 0.6) is 0 Å². The van der Waals surface area contributed by atoms with E-state index in [9.17, 15) is 14.7 Å². The molecule has 0 saturated heterocycles. The average Bonchev–Trinajstić information content (AvgIpc) is 2.35. The zero-order chi connectivity index (χ0) is 17.2. The zero-order valence-corrected chi connectivity index (χ0v) is 18.3. The highest BCUT2D eigenvalue weighted by atomic mass is 127. The number of carbonyl (C=O) groups excluding carboxylic acids is 1. The van der Waals surface area contributed by atoms with E-state index in [1.165, 1.54) is 0 Å². The van der Waals surface area contributed by atoms with E-state index < -0.39 is 17.4 Å². The fraction of sp³-hybridized carbons (Fsp3) is 0.385. The molecule has 5 N–H and O–H groups in total. The maximum Gasteiger partial charge on any atom is 0.337 e. The highest BCUT2D eigenvalue weighted by molar-refractivity contribution is 14.1. The lowest BCUT2D eigenvalue weighted by molar-refractivity contribution is 0.0694. The Morgan fingerprint density at radius 1 is 1.14 bits per heavy atom. The van der Waals surface area contributed by atoms with E-state index >= 15 is 0 Å². The average molecular weight is 644 g/mol. The van der Waals surface area contributed by atoms with Gasteiger partial charge in [0.05, 0.1) is 24.0 Å². The van der Waals surface area contributed by atoms with Crippen LogP contribution in [0.25, 0.3) is 0 Å². The molecule has 1 rings (SSSR count). The predicted octanol–water partition coefficient (Wildman–Crippen LogP) is 2.67. The standard InChI is InChI=1S/C13H15I3N2O4/c1-13(2,3-4-19)18-11(20)5-7(14)6(12(21)22)9(16)10(17)8(5)15/h19H,3-4,17H2,1-2H3,(H,18,20)(H,21,22). The van der Waals surface area contributed by atoms with E-state index in [2.05, 4.69) is 5.32 Å². The summed E-state index contributed by atoms with van der Waals surface area (Å²) in [6.07, 6.45) is 0.386. The molecule has 0 bridgehead atoms. The number of halogens is 3. The molecule has 0 aliphatic heterocycles. The van der Waals surface area contributed by atoms with E-state index in [4.69, 9.17) is 10.8 Å². The number of nitrogen functional groups attached to an aromatic ring is 1. The second-order valence-corrected chi connectivity index (χ2v) is 8.46. The minimum Gasteiger partial charge on any atom is -0.478 e. The van der Waals surface area contributed by atoms with Crippen LogP contribution in [0.4, 0.5) is 5.69 Å². The zero-order valence-electron chi connectivity index (χ0n) is 11.8. The highest BCUT2D eigenvalue weighted by Crippen LogP contribution is 2.34. The van der Waals surface area contributed by atoms with E-state index in [1.54, 1.807) is 13.8 Å². The van der Waals surface area contributed by atoms with Crippen LogP contribution < -0.4 is 11.1 Å². The Kier molecular flexibility index (Phi) is 7.13. The number of hydrogen-bond donors (Lipinski definition) is 4. The molecule has 1 amide bonds. The Labute approximate surface area is 169 Å². The Bertz CT molecular complexity index is 632. The lowest BCUT2D eigenvalue weighted by Gasteiger charge is -2.26. The van der Waals surface area contributed by atoms with Crippen molar-refractivity contribution < 1.29 is 19.8 Å². The quantitative estimate of drug-likeness (QED) is 0.291. The van der Waals surface area contributed by atoms with Gasteiger partial charge in [0, 0.05) is 15.7 Å². The van der Waals surface area contributed by atoms with Crippen molar-refractivity contribution in [2.45, 2.75) is 25.8 Å². The Morgan fingerprint density at radius 2 is 1.64 bits per heavy atom. The highest BCUT2D eigenvalue weighted by Gasteiger charge is 2.29. The summed E-state index contributed by atoms with van der Waals surface area (Å²) >= 11 is 5.68. The first-order valence-corrected chi connectivity index (χ1v) is 9.39. The Balaban J connectivity index is 3.42. The fourth-order valence-corrected chi connectivity index (χ4v) is 5.90. The number of rotatable bonds is 5. The summed E-state index contributed by atoms with van der Waals surface area (Å²) in [5, 5.41) is 21.2. The van der Waals surface area contributed by atoms with E-state index in [0.717, 1.165) is 0 Å². The molecule has 0 fully saturated rings. The van der Waals surface area contributed by atoms with Crippen LogP contribution in [0.15, 0.2) is 0 Å². The molecule has 6 nitrogen and oxygen atoms in total. The van der Waals surface area contributed by atoms with Crippen molar-refractivity contribution in [2.75, 3.05) is 12.3 Å². The van der Waals surface area contributed by atoms with Crippen LogP contribution in [0.2, 0.25) is 0 Å². The molecule has 0 spiro atoms. The first-order valence-electron chi connectivity index (χ1n) is 6.16. The number of aliphatic hydroxyl groups is 1. The summed E-state index contributed by atoms with van der Waals surface area (Å²) in [7, 11) is 0. The number of benzene rings is 1. The summed E-state index contributed by atoms with van der Waals surface area (Å²) in [4.78, 5) is 24.0. The van der Waals surface area contributed by atoms with Crippen molar-refractivity contribution >= 4 is 85.3 Å². The van der Waals surface area contributed by atoms with Gasteiger partial charge in [-0.1, -0.05) is 0 Å². The van der Waals surface area contributed by atoms with Crippen molar-refractivity contribution in [3.05, 3.63) is 21.8 Å². The number of anilines is 1. The van der Waals surface area contributed by atoms with Gasteiger partial charge < -0.3 is 21.3 Å². The first kappa shape index (κ1) is 20.2. The van der Waals surface area contributed by atoms with Gasteiger partial charge in [0.1, 0.15) is 0 Å². The molecule has 0 atom stereocenters. The maximum atomic E-state index is 12.6. The van der Waals surface area contributed by atoms with Gasteiger partial charge in [0.2, 0.25) is 0 Å². The molecule has 1 aromatic rings. The van der Waals surface area contributed by atoms with Gasteiger partial charge in [-0.2, -0.15) is 0 Å². The molecular formula is C13H15I3N2O4. The maximum absolute atomic E-state index is 12.6. The topological polar surface area (TPSA) is 113 Å². The van der Waals surface area contributed by atoms with Crippen molar-refractivity contribution in [3.8, 4) is 0 Å². The normalized spacial score (nSPS) is 11.4. The molecule has 122 valence electrons. The number of carbonyl (C=O) groups is 2. The third kappa shape index (κ3) is 4.35. The molecule has 0 aromatic heterocycles. The van der Waals surface area contributed by atoms with Gasteiger partial charge in [0.15, 0.2) is 0 Å². The summed E-state index contributed by atoms with van der Waals surface area (Å²) in [5.41, 5.74) is 5.90. The predicted molar refractivity (Wildman–Crippen MR) is 109 cm³/mol. The van der Waals surface area contributed by atoms with E-state index in [0.29, 0.717) is 17.1 Å². The molecule has 9 heteroatoms. The second-order valence-electron chi connectivity index (χ2n) is 5.22. The molecule has 22 heavy (non-hydrogen) atoms. The lowest BCUT2D eigenvalue weighted by atomic mass is 10.00. The SMILES string of the molecule is CC(C)(CCO)NC(=O)c1c(I)c(N)c(I)c(C(=O)O)c1I. The third-order valence-electron chi connectivity index (χ3n) is 2.98. The summed E-state index contributed by atoms with van der Waals surface area (Å²) in [5.74, 6) is -1.53. The van der Waals surface area contributed by atoms with Gasteiger partial charge in [-0.3, -0.25) is 4.79 Å². The molecule has 0 radical (unpaired) electrons. The van der Waals surface area contributed by atoms with Crippen LogP contribution in [-0.2, 0) is 0 Å². The van der Waals surface area contributed by atoms with Gasteiger partial charge in [-0.15, -0.1) is 0 Å².